The van der Waals surface area contributed by atoms with Crippen LogP contribution in [0.1, 0.15) is 65.9 Å². The monoisotopic (exact) mass is 245 g/mol. The van der Waals surface area contributed by atoms with E-state index in [0.29, 0.717) is 0 Å². The van der Waals surface area contributed by atoms with Crippen LogP contribution in [0, 0.1) is 0 Å². The second-order valence-corrected chi connectivity index (χ2v) is 5.94. The number of aliphatic imine (C=N–C) groups is 1. The van der Waals surface area contributed by atoms with Crippen LogP contribution >= 0.6 is 0 Å². The minimum absolute atomic E-state index is 0.196. The Balaban J connectivity index is 2.92. The largest absolute Gasteiger partial charge is 0.258 e. The maximum atomic E-state index is 4.81. The molecule has 0 bridgehead atoms. The predicted octanol–water partition coefficient (Wildman–Crippen LogP) is 5.66. The lowest BCUT2D eigenvalue weighted by atomic mass is 9.87. The fraction of sp³-hybridized carbons (Fsp3) is 0.588. The van der Waals surface area contributed by atoms with Gasteiger partial charge < -0.3 is 0 Å². The van der Waals surface area contributed by atoms with E-state index in [4.69, 9.17) is 4.99 Å². The molecule has 0 saturated carbocycles. The van der Waals surface area contributed by atoms with E-state index >= 15 is 0 Å². The Morgan fingerprint density at radius 1 is 1.17 bits per heavy atom. The molecule has 1 heteroatoms. The number of benzene rings is 1. The van der Waals surface area contributed by atoms with Crippen molar-refractivity contribution in [1.29, 1.82) is 0 Å². The minimum Gasteiger partial charge on any atom is -0.258 e. The lowest BCUT2D eigenvalue weighted by molar-refractivity contribution is 0.590. The first-order valence-corrected chi connectivity index (χ1v) is 7.14. The highest BCUT2D eigenvalue weighted by Gasteiger charge is 2.13. The second kappa shape index (κ2) is 6.72. The molecule has 1 aromatic rings. The molecule has 0 atom stereocenters. The molecule has 18 heavy (non-hydrogen) atoms. The van der Waals surface area contributed by atoms with Crippen LogP contribution in [0.5, 0.6) is 0 Å². The molecule has 1 nitrogen and oxygen atoms in total. The highest BCUT2D eigenvalue weighted by atomic mass is 14.7. The van der Waals surface area contributed by atoms with Crippen LogP contribution < -0.4 is 0 Å². The maximum absolute atomic E-state index is 4.81. The maximum Gasteiger partial charge on any atom is 0.0631 e. The molecule has 0 saturated heterocycles. The van der Waals surface area contributed by atoms with E-state index in [0.717, 1.165) is 18.5 Å². The zero-order valence-corrected chi connectivity index (χ0v) is 12.6. The molecule has 0 aliphatic heterocycles. The predicted molar refractivity (Wildman–Crippen MR) is 82.1 cm³/mol. The van der Waals surface area contributed by atoms with E-state index in [1.54, 1.807) is 0 Å². The van der Waals surface area contributed by atoms with Crippen LogP contribution in [0.15, 0.2) is 29.3 Å². The third kappa shape index (κ3) is 4.64. The van der Waals surface area contributed by atoms with E-state index in [2.05, 4.69) is 58.9 Å². The van der Waals surface area contributed by atoms with Crippen molar-refractivity contribution < 1.29 is 0 Å². The third-order valence-electron chi connectivity index (χ3n) is 3.23. The Morgan fingerprint density at radius 2 is 1.89 bits per heavy atom. The summed E-state index contributed by atoms with van der Waals surface area (Å²) in [7, 11) is 0. The molecule has 0 aliphatic carbocycles. The lowest BCUT2D eigenvalue weighted by Crippen LogP contribution is -2.10. The van der Waals surface area contributed by atoms with Gasteiger partial charge in [0.05, 0.1) is 5.69 Å². The molecule has 0 amide bonds. The van der Waals surface area contributed by atoms with Crippen LogP contribution in [-0.2, 0) is 5.41 Å². The van der Waals surface area contributed by atoms with Crippen molar-refractivity contribution in [1.82, 2.24) is 0 Å². The smallest absolute Gasteiger partial charge is 0.0631 e. The molecular weight excluding hydrogens is 218 g/mol. The molecule has 0 N–H and O–H groups in total. The summed E-state index contributed by atoms with van der Waals surface area (Å²) in [6, 6.07) is 8.64. The van der Waals surface area contributed by atoms with Crippen molar-refractivity contribution in [3.8, 4) is 0 Å². The SMILES string of the molecule is CCCCC(CC)=Nc1cccc(C(C)(C)C)c1. The van der Waals surface area contributed by atoms with Crippen molar-refractivity contribution >= 4 is 11.4 Å². The summed E-state index contributed by atoms with van der Waals surface area (Å²) in [5.74, 6) is 0. The average Bonchev–Trinajstić information content (AvgIpc) is 2.33. The van der Waals surface area contributed by atoms with Crippen molar-refractivity contribution in [3.63, 3.8) is 0 Å². The molecule has 1 rings (SSSR count). The molecule has 1 aromatic carbocycles. The highest BCUT2D eigenvalue weighted by Crippen LogP contribution is 2.26. The standard InChI is InChI=1S/C17H27N/c1-6-8-11-15(7-2)18-16-12-9-10-14(13-16)17(3,4)5/h9-10,12-13H,6-8,11H2,1-5H3. The van der Waals surface area contributed by atoms with E-state index in [-0.39, 0.29) is 5.41 Å². The summed E-state index contributed by atoms with van der Waals surface area (Å²) in [5.41, 5.74) is 3.98. The van der Waals surface area contributed by atoms with Gasteiger partial charge in [-0.2, -0.15) is 0 Å². The van der Waals surface area contributed by atoms with Gasteiger partial charge in [0.15, 0.2) is 0 Å². The van der Waals surface area contributed by atoms with Gasteiger partial charge >= 0.3 is 0 Å². The minimum atomic E-state index is 0.196. The third-order valence-corrected chi connectivity index (χ3v) is 3.23. The van der Waals surface area contributed by atoms with Gasteiger partial charge in [0.2, 0.25) is 0 Å². The topological polar surface area (TPSA) is 12.4 Å². The van der Waals surface area contributed by atoms with Crippen molar-refractivity contribution in [2.45, 2.75) is 65.7 Å². The molecule has 0 radical (unpaired) electrons. The summed E-state index contributed by atoms with van der Waals surface area (Å²) in [4.78, 5) is 4.81. The van der Waals surface area contributed by atoms with Gasteiger partial charge in [0, 0.05) is 5.71 Å². The van der Waals surface area contributed by atoms with Gasteiger partial charge in [-0.25, -0.2) is 0 Å². The summed E-state index contributed by atoms with van der Waals surface area (Å²) in [6.45, 7) is 11.2. The van der Waals surface area contributed by atoms with Crippen LogP contribution in [0.2, 0.25) is 0 Å². The zero-order chi connectivity index (χ0) is 13.6. The quantitative estimate of drug-likeness (QED) is 0.594. The first kappa shape index (κ1) is 14.9. The molecule has 0 aromatic heterocycles. The van der Waals surface area contributed by atoms with Crippen molar-refractivity contribution in [2.75, 3.05) is 0 Å². The number of rotatable bonds is 5. The van der Waals surface area contributed by atoms with Crippen LogP contribution in [0.3, 0.4) is 0 Å². The van der Waals surface area contributed by atoms with E-state index in [1.807, 2.05) is 0 Å². The molecule has 0 heterocycles. The van der Waals surface area contributed by atoms with Crippen LogP contribution in [-0.4, -0.2) is 5.71 Å². The molecular formula is C17H27N. The Bertz CT molecular complexity index is 396. The molecule has 0 unspecified atom stereocenters. The van der Waals surface area contributed by atoms with Gasteiger partial charge in [-0.3, -0.25) is 4.99 Å². The molecule has 0 fully saturated rings. The van der Waals surface area contributed by atoms with Crippen molar-refractivity contribution in [3.05, 3.63) is 29.8 Å². The highest BCUT2D eigenvalue weighted by molar-refractivity contribution is 5.86. The Hall–Kier alpha value is -1.11. The van der Waals surface area contributed by atoms with Crippen LogP contribution in [0.25, 0.3) is 0 Å². The van der Waals surface area contributed by atoms with Gasteiger partial charge in [-0.1, -0.05) is 53.2 Å². The number of unbranched alkanes of at least 4 members (excludes halogenated alkanes) is 1. The Morgan fingerprint density at radius 3 is 2.44 bits per heavy atom. The van der Waals surface area contributed by atoms with Gasteiger partial charge in [0.25, 0.3) is 0 Å². The Kier molecular flexibility index (Phi) is 5.58. The van der Waals surface area contributed by atoms with Crippen LogP contribution in [0.4, 0.5) is 5.69 Å². The molecule has 0 aliphatic rings. The molecule has 100 valence electrons. The van der Waals surface area contributed by atoms with E-state index in [9.17, 15) is 0 Å². The van der Waals surface area contributed by atoms with Crippen molar-refractivity contribution in [2.24, 2.45) is 4.99 Å². The summed E-state index contributed by atoms with van der Waals surface area (Å²) < 4.78 is 0. The normalized spacial score (nSPS) is 12.8. The van der Waals surface area contributed by atoms with Gasteiger partial charge in [-0.15, -0.1) is 0 Å². The zero-order valence-electron chi connectivity index (χ0n) is 12.6. The van der Waals surface area contributed by atoms with E-state index in [1.165, 1.54) is 24.1 Å². The number of hydrogen-bond acceptors (Lipinski definition) is 1. The fourth-order valence-corrected chi connectivity index (χ4v) is 1.92. The summed E-state index contributed by atoms with van der Waals surface area (Å²) in [6.07, 6.45) is 4.67. The fourth-order valence-electron chi connectivity index (χ4n) is 1.92. The lowest BCUT2D eigenvalue weighted by Gasteiger charge is -2.19. The number of nitrogens with zero attached hydrogens (tertiary/aromatic N) is 1. The summed E-state index contributed by atoms with van der Waals surface area (Å²) in [5, 5.41) is 0. The first-order valence-electron chi connectivity index (χ1n) is 7.14. The molecule has 0 spiro atoms. The number of hydrogen-bond donors (Lipinski definition) is 0. The average molecular weight is 245 g/mol. The second-order valence-electron chi connectivity index (χ2n) is 5.94. The summed E-state index contributed by atoms with van der Waals surface area (Å²) >= 11 is 0. The Labute approximate surface area is 112 Å². The first-order chi connectivity index (χ1) is 8.47. The van der Waals surface area contributed by atoms with E-state index < -0.39 is 0 Å². The van der Waals surface area contributed by atoms with Gasteiger partial charge in [-0.05, 0) is 42.4 Å². The van der Waals surface area contributed by atoms with Gasteiger partial charge in [0.1, 0.15) is 0 Å².